The van der Waals surface area contributed by atoms with Crippen molar-refractivity contribution in [2.75, 3.05) is 36.4 Å². The summed E-state index contributed by atoms with van der Waals surface area (Å²) < 4.78 is 0. The highest BCUT2D eigenvalue weighted by Crippen LogP contribution is 2.43. The predicted molar refractivity (Wildman–Crippen MR) is 159 cm³/mol. The predicted octanol–water partition coefficient (Wildman–Crippen LogP) is 7.52. The van der Waals surface area contributed by atoms with Gasteiger partial charge in [-0.1, -0.05) is 37.6 Å². The lowest BCUT2D eigenvalue weighted by molar-refractivity contribution is 0.186. The number of piperidine rings is 1. The minimum absolute atomic E-state index is 0.542. The Hall–Kier alpha value is -3.09. The number of nitrogens with zero attached hydrogens (tertiary/aromatic N) is 4. The molecule has 1 saturated carbocycles. The summed E-state index contributed by atoms with van der Waals surface area (Å²) in [5.41, 5.74) is 7.77. The zero-order valence-electron chi connectivity index (χ0n) is 22.6. The highest BCUT2D eigenvalue weighted by atomic mass is 35.5. The molecule has 1 saturated heterocycles. The summed E-state index contributed by atoms with van der Waals surface area (Å²) in [6, 6.07) is 14.0. The summed E-state index contributed by atoms with van der Waals surface area (Å²) in [6.45, 7) is 11.1. The van der Waals surface area contributed by atoms with E-state index in [0.717, 1.165) is 54.0 Å². The maximum Gasteiger partial charge on any atom is 0.227 e. The molecule has 0 atom stereocenters. The summed E-state index contributed by atoms with van der Waals surface area (Å²) in [6.07, 6.45) is 8.65. The number of hydrogen-bond donors (Lipinski definition) is 2. The molecule has 6 rings (SSSR count). The van der Waals surface area contributed by atoms with Gasteiger partial charge in [0.05, 0.1) is 16.9 Å². The lowest BCUT2D eigenvalue weighted by atomic mass is 10.0. The molecule has 2 aromatic heterocycles. The standard InChI is InChI=1S/C31H37ClN6/c1-4-37(5-2)24-10-12-38(13-11-24)25-16-22(21-7-8-21)15-23(17-25)35-31-34-19-28(32)30(36-31)27-18-33-29-14-20(3)6-9-26(27)29/h6,9,14-19,21,24,33H,4-5,7-8,10-13H2,1-3H3,(H,34,35,36). The summed E-state index contributed by atoms with van der Waals surface area (Å²) in [7, 11) is 0. The van der Waals surface area contributed by atoms with Crippen LogP contribution in [0, 0.1) is 6.92 Å². The van der Waals surface area contributed by atoms with E-state index in [2.05, 4.69) is 82.3 Å². The van der Waals surface area contributed by atoms with Gasteiger partial charge in [-0.05, 0) is 87.0 Å². The van der Waals surface area contributed by atoms with Crippen molar-refractivity contribution in [3.8, 4) is 11.3 Å². The van der Waals surface area contributed by atoms with E-state index < -0.39 is 0 Å². The van der Waals surface area contributed by atoms with Crippen LogP contribution in [-0.4, -0.2) is 52.1 Å². The van der Waals surface area contributed by atoms with Crippen molar-refractivity contribution in [3.63, 3.8) is 0 Å². The van der Waals surface area contributed by atoms with Crippen LogP contribution in [0.2, 0.25) is 5.02 Å². The first-order valence-electron chi connectivity index (χ1n) is 14.0. The molecule has 0 radical (unpaired) electrons. The van der Waals surface area contributed by atoms with Gasteiger partial charge in [-0.15, -0.1) is 0 Å². The van der Waals surface area contributed by atoms with E-state index in [1.54, 1.807) is 6.20 Å². The smallest absolute Gasteiger partial charge is 0.227 e. The number of aryl methyl sites for hydroxylation is 1. The number of fused-ring (bicyclic) bond motifs is 1. The fourth-order valence-electron chi connectivity index (χ4n) is 5.95. The van der Waals surface area contributed by atoms with E-state index >= 15 is 0 Å². The number of anilines is 3. The van der Waals surface area contributed by atoms with Crippen molar-refractivity contribution in [1.29, 1.82) is 0 Å². The average molecular weight is 529 g/mol. The van der Waals surface area contributed by atoms with Gasteiger partial charge < -0.3 is 20.1 Å². The summed E-state index contributed by atoms with van der Waals surface area (Å²) >= 11 is 6.60. The van der Waals surface area contributed by atoms with Crippen molar-refractivity contribution in [2.45, 2.75) is 58.4 Å². The number of aromatic nitrogens is 3. The Kier molecular flexibility index (Phi) is 7.02. The monoisotopic (exact) mass is 528 g/mol. The SMILES string of the molecule is CCN(CC)C1CCN(c2cc(Nc3ncc(Cl)c(-c4c[nH]c5cc(C)ccc45)n3)cc(C3CC3)c2)CC1. The van der Waals surface area contributed by atoms with Gasteiger partial charge in [0, 0.05) is 53.2 Å². The molecule has 2 aromatic carbocycles. The van der Waals surface area contributed by atoms with Gasteiger partial charge in [0.1, 0.15) is 0 Å². The summed E-state index contributed by atoms with van der Waals surface area (Å²) in [4.78, 5) is 17.9. The molecule has 0 unspecified atom stereocenters. The molecule has 2 N–H and O–H groups in total. The zero-order chi connectivity index (χ0) is 26.2. The van der Waals surface area contributed by atoms with E-state index in [1.807, 2.05) is 6.20 Å². The maximum absolute atomic E-state index is 6.60. The fraction of sp³-hybridized carbons (Fsp3) is 0.419. The molecule has 6 nitrogen and oxygen atoms in total. The highest BCUT2D eigenvalue weighted by Gasteiger charge is 2.27. The molecule has 2 aliphatic rings. The molecule has 2 fully saturated rings. The quantitative estimate of drug-likeness (QED) is 0.247. The van der Waals surface area contributed by atoms with Crippen molar-refractivity contribution >= 4 is 39.8 Å². The van der Waals surface area contributed by atoms with Crippen LogP contribution in [0.25, 0.3) is 22.2 Å². The number of nitrogens with one attached hydrogen (secondary N) is 2. The topological polar surface area (TPSA) is 60.1 Å². The lowest BCUT2D eigenvalue weighted by Crippen LogP contribution is -2.44. The summed E-state index contributed by atoms with van der Waals surface area (Å²) in [5, 5.41) is 5.16. The lowest BCUT2D eigenvalue weighted by Gasteiger charge is -2.39. The molecule has 7 heteroatoms. The number of halogens is 1. The van der Waals surface area contributed by atoms with Crippen molar-refractivity contribution in [1.82, 2.24) is 19.9 Å². The molecule has 0 bridgehead atoms. The van der Waals surface area contributed by atoms with E-state index in [-0.39, 0.29) is 0 Å². The van der Waals surface area contributed by atoms with Crippen LogP contribution in [0.3, 0.4) is 0 Å². The Labute approximate surface area is 230 Å². The van der Waals surface area contributed by atoms with Crippen LogP contribution in [-0.2, 0) is 0 Å². The molecule has 3 heterocycles. The van der Waals surface area contributed by atoms with Crippen LogP contribution >= 0.6 is 11.6 Å². The first kappa shape index (κ1) is 25.2. The van der Waals surface area contributed by atoms with Crippen molar-refractivity contribution in [3.05, 3.63) is 64.9 Å². The normalized spacial score (nSPS) is 16.5. The van der Waals surface area contributed by atoms with E-state index in [9.17, 15) is 0 Å². The number of benzene rings is 2. The first-order valence-corrected chi connectivity index (χ1v) is 14.4. The van der Waals surface area contributed by atoms with Gasteiger partial charge in [0.15, 0.2) is 0 Å². The number of H-pyrrole nitrogens is 1. The van der Waals surface area contributed by atoms with Crippen LogP contribution in [0.4, 0.5) is 17.3 Å². The van der Waals surface area contributed by atoms with Gasteiger partial charge >= 0.3 is 0 Å². The van der Waals surface area contributed by atoms with E-state index in [1.165, 1.54) is 42.5 Å². The Morgan fingerprint density at radius 2 is 1.84 bits per heavy atom. The Bertz CT molecular complexity index is 1430. The molecule has 1 aliphatic heterocycles. The minimum atomic E-state index is 0.542. The number of aromatic amines is 1. The molecule has 0 spiro atoms. The molecule has 0 amide bonds. The van der Waals surface area contributed by atoms with Gasteiger partial charge in [-0.3, -0.25) is 0 Å². The second-order valence-corrected chi connectivity index (χ2v) is 11.2. The molecular weight excluding hydrogens is 492 g/mol. The second kappa shape index (κ2) is 10.6. The van der Waals surface area contributed by atoms with Crippen LogP contribution in [0.1, 0.15) is 56.6 Å². The van der Waals surface area contributed by atoms with Gasteiger partial charge in [-0.2, -0.15) is 0 Å². The third-order valence-electron chi connectivity index (χ3n) is 8.24. The van der Waals surface area contributed by atoms with Crippen molar-refractivity contribution < 1.29 is 0 Å². The van der Waals surface area contributed by atoms with Crippen LogP contribution < -0.4 is 10.2 Å². The first-order chi connectivity index (χ1) is 18.5. The van der Waals surface area contributed by atoms with E-state index in [0.29, 0.717) is 22.9 Å². The number of hydrogen-bond acceptors (Lipinski definition) is 5. The third-order valence-corrected chi connectivity index (χ3v) is 8.52. The van der Waals surface area contributed by atoms with Gasteiger partial charge in [0.25, 0.3) is 0 Å². The Morgan fingerprint density at radius 1 is 1.05 bits per heavy atom. The van der Waals surface area contributed by atoms with Gasteiger partial charge in [-0.25, -0.2) is 9.97 Å². The zero-order valence-corrected chi connectivity index (χ0v) is 23.4. The third kappa shape index (κ3) is 5.12. The fourth-order valence-corrected chi connectivity index (χ4v) is 6.15. The number of rotatable bonds is 8. The molecule has 1 aliphatic carbocycles. The van der Waals surface area contributed by atoms with Gasteiger partial charge in [0.2, 0.25) is 5.95 Å². The highest BCUT2D eigenvalue weighted by molar-refractivity contribution is 6.33. The maximum atomic E-state index is 6.60. The molecule has 198 valence electrons. The van der Waals surface area contributed by atoms with Crippen LogP contribution in [0.5, 0.6) is 0 Å². The molecule has 4 aromatic rings. The average Bonchev–Trinajstić information content (AvgIpc) is 3.71. The second-order valence-electron chi connectivity index (χ2n) is 10.8. The Morgan fingerprint density at radius 3 is 2.58 bits per heavy atom. The van der Waals surface area contributed by atoms with E-state index in [4.69, 9.17) is 16.6 Å². The largest absolute Gasteiger partial charge is 0.371 e. The minimum Gasteiger partial charge on any atom is -0.371 e. The van der Waals surface area contributed by atoms with Crippen molar-refractivity contribution in [2.24, 2.45) is 0 Å². The molecule has 38 heavy (non-hydrogen) atoms. The summed E-state index contributed by atoms with van der Waals surface area (Å²) in [5.74, 6) is 1.23. The van der Waals surface area contributed by atoms with Crippen LogP contribution in [0.15, 0.2) is 48.8 Å². The molecular formula is C31H37ClN6. The Balaban J connectivity index is 1.27.